The third kappa shape index (κ3) is 6.70. The van der Waals surface area contributed by atoms with Gasteiger partial charge in [-0.15, -0.1) is 0 Å². The Balaban J connectivity index is 1.35. The maximum absolute atomic E-state index is 12.4. The monoisotopic (exact) mass is 397 g/mol. The van der Waals surface area contributed by atoms with Gasteiger partial charge in [0.25, 0.3) is 0 Å². The number of anilines is 1. The molecule has 158 valence electrons. The third-order valence-corrected chi connectivity index (χ3v) is 6.11. The average molecular weight is 398 g/mol. The van der Waals surface area contributed by atoms with E-state index in [1.54, 1.807) is 0 Å². The van der Waals surface area contributed by atoms with Gasteiger partial charge in [-0.1, -0.05) is 29.3 Å². The van der Waals surface area contributed by atoms with E-state index in [1.165, 1.54) is 36.8 Å². The zero-order chi connectivity index (χ0) is 20.6. The Labute approximate surface area is 174 Å². The first-order valence-electron chi connectivity index (χ1n) is 11.1. The Morgan fingerprint density at radius 1 is 1.14 bits per heavy atom. The second-order valence-corrected chi connectivity index (χ2v) is 8.57. The predicted molar refractivity (Wildman–Crippen MR) is 118 cm³/mol. The largest absolute Gasteiger partial charge is 0.356 e. The van der Waals surface area contributed by atoms with Gasteiger partial charge in [0.1, 0.15) is 0 Å². The van der Waals surface area contributed by atoms with Crippen LogP contribution in [-0.2, 0) is 9.59 Å². The minimum atomic E-state index is 0.0145. The molecular weight excluding hydrogens is 362 g/mol. The van der Waals surface area contributed by atoms with Gasteiger partial charge >= 0.3 is 0 Å². The van der Waals surface area contributed by atoms with Crippen molar-refractivity contribution in [1.29, 1.82) is 0 Å². The summed E-state index contributed by atoms with van der Waals surface area (Å²) in [4.78, 5) is 27.0. The molecule has 0 bridgehead atoms. The first-order valence-corrected chi connectivity index (χ1v) is 11.1. The third-order valence-electron chi connectivity index (χ3n) is 6.11. The Bertz CT molecular complexity index is 748. The smallest absolute Gasteiger partial charge is 0.238 e. The maximum atomic E-state index is 12.4. The first kappa shape index (κ1) is 21.6. The van der Waals surface area contributed by atoms with Crippen LogP contribution in [0.4, 0.5) is 5.69 Å². The van der Waals surface area contributed by atoms with Gasteiger partial charge in [0.2, 0.25) is 11.8 Å². The minimum absolute atomic E-state index is 0.0145. The molecule has 5 nitrogen and oxygen atoms in total. The average Bonchev–Trinajstić information content (AvgIpc) is 2.71. The molecule has 1 saturated heterocycles. The summed E-state index contributed by atoms with van der Waals surface area (Å²) in [5.74, 6) is 0.274. The first-order chi connectivity index (χ1) is 14.0. The Morgan fingerprint density at radius 2 is 1.93 bits per heavy atom. The molecule has 5 heteroatoms. The molecule has 1 aromatic carbocycles. The molecule has 1 fully saturated rings. The number of amides is 2. The normalized spacial score (nSPS) is 18.2. The van der Waals surface area contributed by atoms with E-state index in [1.807, 2.05) is 26.0 Å². The molecule has 0 aromatic heterocycles. The molecule has 0 unspecified atom stereocenters. The fraction of sp³-hybridized carbons (Fsp3) is 0.583. The van der Waals surface area contributed by atoms with Crippen LogP contribution in [0.3, 0.4) is 0 Å². The maximum Gasteiger partial charge on any atom is 0.238 e. The number of benzene rings is 1. The van der Waals surface area contributed by atoms with Gasteiger partial charge in [0, 0.05) is 18.2 Å². The highest BCUT2D eigenvalue weighted by Gasteiger charge is 2.25. The van der Waals surface area contributed by atoms with Crippen LogP contribution in [0.5, 0.6) is 0 Å². The lowest BCUT2D eigenvalue weighted by molar-refractivity contribution is -0.126. The lowest BCUT2D eigenvalue weighted by Gasteiger charge is -2.30. The van der Waals surface area contributed by atoms with Crippen LogP contribution >= 0.6 is 0 Å². The van der Waals surface area contributed by atoms with E-state index in [4.69, 9.17) is 0 Å². The van der Waals surface area contributed by atoms with Crippen molar-refractivity contribution in [3.05, 3.63) is 41.0 Å². The molecule has 0 spiro atoms. The number of allylic oxidation sites excluding steroid dienone is 1. The quantitative estimate of drug-likeness (QED) is 0.685. The molecular formula is C24H35N3O2. The van der Waals surface area contributed by atoms with E-state index in [0.717, 1.165) is 50.1 Å². The molecule has 0 saturated carbocycles. The van der Waals surface area contributed by atoms with Crippen LogP contribution in [0, 0.1) is 19.8 Å². The molecule has 2 N–H and O–H groups in total. The van der Waals surface area contributed by atoms with Gasteiger partial charge in [0.05, 0.1) is 6.54 Å². The number of hydrogen-bond acceptors (Lipinski definition) is 3. The number of rotatable bonds is 7. The van der Waals surface area contributed by atoms with E-state index in [9.17, 15) is 9.59 Å². The van der Waals surface area contributed by atoms with Crippen molar-refractivity contribution in [3.8, 4) is 0 Å². The summed E-state index contributed by atoms with van der Waals surface area (Å²) in [6.45, 7) is 6.79. The highest BCUT2D eigenvalue weighted by Crippen LogP contribution is 2.21. The van der Waals surface area contributed by atoms with Gasteiger partial charge in [-0.3, -0.25) is 14.5 Å². The van der Waals surface area contributed by atoms with Gasteiger partial charge in [-0.05, 0) is 83.5 Å². The van der Waals surface area contributed by atoms with Crippen LogP contribution in [0.15, 0.2) is 29.8 Å². The molecule has 2 aliphatic rings. The number of nitrogens with zero attached hydrogens (tertiary/aromatic N) is 1. The number of hydrogen-bond donors (Lipinski definition) is 2. The zero-order valence-corrected chi connectivity index (χ0v) is 17.9. The number of carbonyl (C=O) groups excluding carboxylic acids is 2. The SMILES string of the molecule is Cc1ccc(NC(=O)CN2CCC(C(=O)NCCC3=CCCCC3)CC2)c(C)c1. The van der Waals surface area contributed by atoms with Crippen molar-refractivity contribution >= 4 is 17.5 Å². The van der Waals surface area contributed by atoms with Crippen molar-refractivity contribution in [1.82, 2.24) is 10.2 Å². The van der Waals surface area contributed by atoms with Crippen LogP contribution in [-0.4, -0.2) is 42.9 Å². The van der Waals surface area contributed by atoms with Crippen molar-refractivity contribution in [3.63, 3.8) is 0 Å². The molecule has 1 aliphatic heterocycles. The molecule has 29 heavy (non-hydrogen) atoms. The zero-order valence-electron chi connectivity index (χ0n) is 17.9. The van der Waals surface area contributed by atoms with Crippen LogP contribution in [0.25, 0.3) is 0 Å². The van der Waals surface area contributed by atoms with Crippen molar-refractivity contribution < 1.29 is 9.59 Å². The van der Waals surface area contributed by atoms with Crippen molar-refractivity contribution in [2.24, 2.45) is 5.92 Å². The second-order valence-electron chi connectivity index (χ2n) is 8.57. The number of aryl methyl sites for hydroxylation is 2. The standard InChI is InChI=1S/C24H35N3O2/c1-18-8-9-22(19(2)16-18)26-23(28)17-27-14-11-21(12-15-27)24(29)25-13-10-20-6-4-3-5-7-20/h6,8-9,16,21H,3-5,7,10-15,17H2,1-2H3,(H,25,29)(H,26,28). The van der Waals surface area contributed by atoms with Crippen LogP contribution in [0.2, 0.25) is 0 Å². The lowest BCUT2D eigenvalue weighted by Crippen LogP contribution is -2.43. The predicted octanol–water partition coefficient (Wildman–Crippen LogP) is 3.96. The van der Waals surface area contributed by atoms with E-state index >= 15 is 0 Å². The van der Waals surface area contributed by atoms with E-state index < -0.39 is 0 Å². The summed E-state index contributed by atoms with van der Waals surface area (Å²) in [5, 5.41) is 6.13. The van der Waals surface area contributed by atoms with Gasteiger partial charge in [-0.25, -0.2) is 0 Å². The van der Waals surface area contributed by atoms with Gasteiger partial charge in [0.15, 0.2) is 0 Å². The van der Waals surface area contributed by atoms with Crippen LogP contribution < -0.4 is 10.6 Å². The summed E-state index contributed by atoms with van der Waals surface area (Å²) >= 11 is 0. The van der Waals surface area contributed by atoms with Crippen molar-refractivity contribution in [2.75, 3.05) is 31.5 Å². The Hall–Kier alpha value is -2.14. The minimum Gasteiger partial charge on any atom is -0.356 e. The molecule has 1 aromatic rings. The lowest BCUT2D eigenvalue weighted by atomic mass is 9.95. The van der Waals surface area contributed by atoms with E-state index in [0.29, 0.717) is 6.54 Å². The van der Waals surface area contributed by atoms with Gasteiger partial charge < -0.3 is 10.6 Å². The number of likely N-dealkylation sites (tertiary alicyclic amines) is 1. The van der Waals surface area contributed by atoms with Crippen LogP contribution in [0.1, 0.15) is 56.1 Å². The topological polar surface area (TPSA) is 61.4 Å². The summed E-state index contributed by atoms with van der Waals surface area (Å²) in [6, 6.07) is 6.05. The van der Waals surface area contributed by atoms with E-state index in [2.05, 4.69) is 27.7 Å². The highest BCUT2D eigenvalue weighted by atomic mass is 16.2. The fourth-order valence-electron chi connectivity index (χ4n) is 4.32. The van der Waals surface area contributed by atoms with Crippen molar-refractivity contribution in [2.45, 2.75) is 58.8 Å². The molecule has 2 amide bonds. The number of piperidine rings is 1. The molecule has 1 heterocycles. The fourth-order valence-corrected chi connectivity index (χ4v) is 4.32. The molecule has 0 radical (unpaired) electrons. The molecule has 3 rings (SSSR count). The van der Waals surface area contributed by atoms with E-state index in [-0.39, 0.29) is 17.7 Å². The summed E-state index contributed by atoms with van der Waals surface area (Å²) in [7, 11) is 0. The van der Waals surface area contributed by atoms with Gasteiger partial charge in [-0.2, -0.15) is 0 Å². The summed E-state index contributed by atoms with van der Waals surface area (Å²) < 4.78 is 0. The number of nitrogens with one attached hydrogen (secondary N) is 2. The summed E-state index contributed by atoms with van der Waals surface area (Å²) in [5.41, 5.74) is 4.65. The highest BCUT2D eigenvalue weighted by molar-refractivity contribution is 5.93. The Kier molecular flexibility index (Phi) is 7.87. The molecule has 1 aliphatic carbocycles. The molecule has 0 atom stereocenters. The summed E-state index contributed by atoms with van der Waals surface area (Å²) in [6.07, 6.45) is 9.96. The number of carbonyl (C=O) groups is 2. The Morgan fingerprint density at radius 3 is 2.62 bits per heavy atom. The second kappa shape index (κ2) is 10.6.